The van der Waals surface area contributed by atoms with E-state index in [4.69, 9.17) is 0 Å². The first-order valence-electron chi connectivity index (χ1n) is 10.8. The fourth-order valence-corrected chi connectivity index (χ4v) is 5.54. The highest BCUT2D eigenvalue weighted by atomic mass is 16.2. The molecule has 5 rings (SSSR count). The first kappa shape index (κ1) is 18.8. The minimum Gasteiger partial charge on any atom is -0.322 e. The molecule has 3 amide bonds. The average molecular weight is 396 g/mol. The summed E-state index contributed by atoms with van der Waals surface area (Å²) in [6, 6.07) is 5.82. The predicted molar refractivity (Wildman–Crippen MR) is 107 cm³/mol. The SMILES string of the molecule is O=C1CCC(N2Cc3c(CNC4CCNCC45CCC5)cccc3C2=O)C(=O)N1. The first-order valence-corrected chi connectivity index (χ1v) is 10.8. The van der Waals surface area contributed by atoms with Gasteiger partial charge in [0.25, 0.3) is 5.91 Å². The van der Waals surface area contributed by atoms with E-state index in [1.807, 2.05) is 12.1 Å². The smallest absolute Gasteiger partial charge is 0.255 e. The van der Waals surface area contributed by atoms with Crippen molar-refractivity contribution in [3.8, 4) is 0 Å². The van der Waals surface area contributed by atoms with Gasteiger partial charge in [-0.3, -0.25) is 19.7 Å². The summed E-state index contributed by atoms with van der Waals surface area (Å²) in [6.07, 6.45) is 5.70. The van der Waals surface area contributed by atoms with Gasteiger partial charge in [-0.25, -0.2) is 0 Å². The monoisotopic (exact) mass is 396 g/mol. The summed E-state index contributed by atoms with van der Waals surface area (Å²) in [5.41, 5.74) is 3.24. The van der Waals surface area contributed by atoms with Crippen molar-refractivity contribution in [1.82, 2.24) is 20.9 Å². The number of amides is 3. The van der Waals surface area contributed by atoms with Crippen molar-refractivity contribution in [2.75, 3.05) is 13.1 Å². The lowest BCUT2D eigenvalue weighted by molar-refractivity contribution is -0.136. The number of carbonyl (C=O) groups excluding carboxylic acids is 3. The van der Waals surface area contributed by atoms with Crippen LogP contribution in [-0.2, 0) is 22.7 Å². The Morgan fingerprint density at radius 2 is 2.03 bits per heavy atom. The molecule has 0 aromatic heterocycles. The van der Waals surface area contributed by atoms with Crippen molar-refractivity contribution < 1.29 is 14.4 Å². The van der Waals surface area contributed by atoms with Crippen LogP contribution in [0, 0.1) is 5.41 Å². The highest BCUT2D eigenvalue weighted by Crippen LogP contribution is 2.45. The summed E-state index contributed by atoms with van der Waals surface area (Å²) >= 11 is 0. The van der Waals surface area contributed by atoms with Crippen LogP contribution in [0.25, 0.3) is 0 Å². The van der Waals surface area contributed by atoms with E-state index in [2.05, 4.69) is 22.0 Å². The van der Waals surface area contributed by atoms with Gasteiger partial charge in [-0.15, -0.1) is 0 Å². The second kappa shape index (κ2) is 7.22. The van der Waals surface area contributed by atoms with Crippen LogP contribution in [0.5, 0.6) is 0 Å². The van der Waals surface area contributed by atoms with Crippen molar-refractivity contribution in [1.29, 1.82) is 0 Å². The number of piperidine rings is 2. The van der Waals surface area contributed by atoms with E-state index >= 15 is 0 Å². The predicted octanol–water partition coefficient (Wildman–Crippen LogP) is 1.07. The molecule has 7 nitrogen and oxygen atoms in total. The van der Waals surface area contributed by atoms with E-state index in [1.54, 1.807) is 4.90 Å². The Labute approximate surface area is 170 Å². The van der Waals surface area contributed by atoms with Crippen LogP contribution in [0.1, 0.15) is 60.0 Å². The maximum absolute atomic E-state index is 13.0. The normalized spacial score (nSPS) is 28.3. The molecule has 0 radical (unpaired) electrons. The Kier molecular flexibility index (Phi) is 4.67. The van der Waals surface area contributed by atoms with Crippen molar-refractivity contribution in [3.63, 3.8) is 0 Å². The molecule has 1 aromatic carbocycles. The number of imide groups is 1. The van der Waals surface area contributed by atoms with Gasteiger partial charge in [0.2, 0.25) is 11.8 Å². The Bertz CT molecular complexity index is 864. The number of fused-ring (bicyclic) bond motifs is 1. The molecule has 1 saturated carbocycles. The molecule has 1 spiro atoms. The van der Waals surface area contributed by atoms with Crippen LogP contribution < -0.4 is 16.0 Å². The van der Waals surface area contributed by atoms with E-state index < -0.39 is 6.04 Å². The molecule has 3 fully saturated rings. The third-order valence-corrected chi connectivity index (χ3v) is 7.39. The fraction of sp³-hybridized carbons (Fsp3) is 0.591. The fourth-order valence-electron chi connectivity index (χ4n) is 5.54. The van der Waals surface area contributed by atoms with Gasteiger partial charge in [0.1, 0.15) is 6.04 Å². The zero-order valence-corrected chi connectivity index (χ0v) is 16.6. The first-order chi connectivity index (χ1) is 14.1. The van der Waals surface area contributed by atoms with Crippen LogP contribution in [0.15, 0.2) is 18.2 Å². The second-order valence-electron chi connectivity index (χ2n) is 8.96. The van der Waals surface area contributed by atoms with E-state index in [0.29, 0.717) is 30.0 Å². The number of hydrogen-bond acceptors (Lipinski definition) is 5. The summed E-state index contributed by atoms with van der Waals surface area (Å²) in [5, 5.41) is 9.71. The molecule has 154 valence electrons. The molecule has 1 aromatic rings. The quantitative estimate of drug-likeness (QED) is 0.663. The molecule has 4 aliphatic rings. The third kappa shape index (κ3) is 3.16. The Balaban J connectivity index is 1.32. The summed E-state index contributed by atoms with van der Waals surface area (Å²) in [6.45, 7) is 3.33. The van der Waals surface area contributed by atoms with Gasteiger partial charge in [-0.1, -0.05) is 18.6 Å². The lowest BCUT2D eigenvalue weighted by atomic mass is 9.62. The molecular weight excluding hydrogens is 368 g/mol. The van der Waals surface area contributed by atoms with Gasteiger partial charge in [0.15, 0.2) is 0 Å². The van der Waals surface area contributed by atoms with Gasteiger partial charge in [-0.2, -0.15) is 0 Å². The maximum atomic E-state index is 13.0. The highest BCUT2D eigenvalue weighted by Gasteiger charge is 2.45. The molecule has 29 heavy (non-hydrogen) atoms. The van der Waals surface area contributed by atoms with Crippen LogP contribution in [-0.4, -0.2) is 47.8 Å². The molecule has 2 saturated heterocycles. The summed E-state index contributed by atoms with van der Waals surface area (Å²) < 4.78 is 0. The largest absolute Gasteiger partial charge is 0.322 e. The highest BCUT2D eigenvalue weighted by molar-refractivity contribution is 6.05. The Morgan fingerprint density at radius 1 is 1.17 bits per heavy atom. The average Bonchev–Trinajstić information content (AvgIpc) is 3.02. The standard InChI is InChI=1S/C22H28N4O3/c27-19-6-5-17(20(28)25-19)26-12-16-14(3-1-4-15(16)21(26)29)11-24-18-7-10-23-13-22(18)8-2-9-22/h1,3-4,17-18,23-24H,2,5-13H2,(H,25,27,28). The lowest BCUT2D eigenvalue weighted by Crippen LogP contribution is -2.58. The van der Waals surface area contributed by atoms with Crippen LogP contribution in [0.2, 0.25) is 0 Å². The lowest BCUT2D eigenvalue weighted by Gasteiger charge is -2.51. The summed E-state index contributed by atoms with van der Waals surface area (Å²) in [7, 11) is 0. The van der Waals surface area contributed by atoms with Gasteiger partial charge in [-0.05, 0) is 54.8 Å². The molecule has 3 aliphatic heterocycles. The van der Waals surface area contributed by atoms with E-state index in [1.165, 1.54) is 19.3 Å². The van der Waals surface area contributed by atoms with Crippen LogP contribution in [0.3, 0.4) is 0 Å². The second-order valence-corrected chi connectivity index (χ2v) is 8.96. The number of carbonyl (C=O) groups is 3. The van der Waals surface area contributed by atoms with Crippen molar-refractivity contribution in [3.05, 3.63) is 34.9 Å². The summed E-state index contributed by atoms with van der Waals surface area (Å²) in [4.78, 5) is 38.3. The number of nitrogens with zero attached hydrogens (tertiary/aromatic N) is 1. The number of nitrogens with one attached hydrogen (secondary N) is 3. The van der Waals surface area contributed by atoms with E-state index in [9.17, 15) is 14.4 Å². The molecule has 1 aliphatic carbocycles. The number of benzene rings is 1. The van der Waals surface area contributed by atoms with Crippen LogP contribution >= 0.6 is 0 Å². The molecule has 2 atom stereocenters. The molecule has 2 unspecified atom stereocenters. The number of hydrogen-bond donors (Lipinski definition) is 3. The zero-order valence-electron chi connectivity index (χ0n) is 16.6. The van der Waals surface area contributed by atoms with Crippen LogP contribution in [0.4, 0.5) is 0 Å². The minimum atomic E-state index is -0.559. The molecular formula is C22H28N4O3. The van der Waals surface area contributed by atoms with Gasteiger partial charge in [0, 0.05) is 37.7 Å². The zero-order chi connectivity index (χ0) is 20.0. The topological polar surface area (TPSA) is 90.5 Å². The maximum Gasteiger partial charge on any atom is 0.255 e. The van der Waals surface area contributed by atoms with Crippen molar-refractivity contribution in [2.24, 2.45) is 5.41 Å². The molecule has 3 heterocycles. The van der Waals surface area contributed by atoms with E-state index in [0.717, 1.165) is 37.2 Å². The van der Waals surface area contributed by atoms with Crippen molar-refractivity contribution in [2.45, 2.75) is 63.7 Å². The van der Waals surface area contributed by atoms with Crippen molar-refractivity contribution >= 4 is 17.7 Å². The van der Waals surface area contributed by atoms with E-state index in [-0.39, 0.29) is 24.1 Å². The Hall–Kier alpha value is -2.25. The van der Waals surface area contributed by atoms with Gasteiger partial charge < -0.3 is 15.5 Å². The summed E-state index contributed by atoms with van der Waals surface area (Å²) in [5.74, 6) is -0.718. The minimum absolute atomic E-state index is 0.103. The van der Waals surface area contributed by atoms with Gasteiger partial charge >= 0.3 is 0 Å². The Morgan fingerprint density at radius 3 is 2.79 bits per heavy atom. The molecule has 7 heteroatoms. The molecule has 0 bridgehead atoms. The third-order valence-electron chi connectivity index (χ3n) is 7.39. The number of rotatable bonds is 4. The molecule has 3 N–H and O–H groups in total. The van der Waals surface area contributed by atoms with Gasteiger partial charge in [0.05, 0.1) is 0 Å².